The first-order valence-electron chi connectivity index (χ1n) is 7.97. The molecule has 2 atom stereocenters. The van der Waals surface area contributed by atoms with Crippen molar-refractivity contribution in [3.05, 3.63) is 17.0 Å². The van der Waals surface area contributed by atoms with E-state index in [4.69, 9.17) is 5.73 Å². The Morgan fingerprint density at radius 1 is 1.20 bits per heavy atom. The number of aromatic nitrogens is 2. The molecule has 1 heterocycles. The average molecular weight is 367 g/mol. The highest BCUT2D eigenvalue weighted by Gasteiger charge is 2.62. The van der Waals surface area contributed by atoms with Crippen LogP contribution in [0.15, 0.2) is 0 Å². The molecular weight excluding hydrogens is 352 g/mol. The molecule has 4 saturated carbocycles. The van der Waals surface area contributed by atoms with Gasteiger partial charge in [0.15, 0.2) is 0 Å². The Morgan fingerprint density at radius 2 is 1.80 bits per heavy atom. The predicted molar refractivity (Wildman–Crippen MR) is 72.4 cm³/mol. The molecule has 2 bridgehead atoms. The van der Waals surface area contributed by atoms with Gasteiger partial charge in [0.05, 0.1) is 11.6 Å². The highest BCUT2D eigenvalue weighted by molar-refractivity contribution is 5.93. The van der Waals surface area contributed by atoms with Gasteiger partial charge in [0, 0.05) is 12.0 Å². The second kappa shape index (κ2) is 4.70. The first kappa shape index (κ1) is 16.7. The molecule has 0 spiro atoms. The molecule has 4 aliphatic rings. The van der Waals surface area contributed by atoms with Crippen LogP contribution in [-0.4, -0.2) is 21.9 Å². The van der Waals surface area contributed by atoms with Crippen LogP contribution in [0.1, 0.15) is 47.4 Å². The first-order chi connectivity index (χ1) is 11.4. The molecular formula is C15H15F6N3O. The van der Waals surface area contributed by atoms with E-state index in [-0.39, 0.29) is 18.7 Å². The van der Waals surface area contributed by atoms with Crippen molar-refractivity contribution < 1.29 is 31.1 Å². The van der Waals surface area contributed by atoms with E-state index in [0.29, 0.717) is 25.2 Å². The lowest BCUT2D eigenvalue weighted by Crippen LogP contribution is -2.56. The molecule has 0 aliphatic heterocycles. The van der Waals surface area contributed by atoms with Crippen molar-refractivity contribution in [2.24, 2.45) is 23.5 Å². The summed E-state index contributed by atoms with van der Waals surface area (Å²) in [6.07, 6.45) is -7.69. The molecule has 4 fully saturated rings. The molecule has 4 nitrogen and oxygen atoms in total. The second-order valence-corrected chi connectivity index (χ2v) is 7.52. The topological polar surface area (TPSA) is 60.9 Å². The number of carbonyl (C=O) groups is 1. The third-order valence-corrected chi connectivity index (χ3v) is 5.76. The third-order valence-electron chi connectivity index (χ3n) is 5.76. The van der Waals surface area contributed by atoms with E-state index in [1.54, 1.807) is 0 Å². The molecule has 2 N–H and O–H groups in total. The van der Waals surface area contributed by atoms with Crippen LogP contribution in [0.25, 0.3) is 0 Å². The monoisotopic (exact) mass is 367 g/mol. The van der Waals surface area contributed by atoms with Crippen molar-refractivity contribution in [2.45, 2.75) is 50.0 Å². The molecule has 4 aliphatic carbocycles. The number of primary amides is 1. The SMILES string of the molecule is NC(=O)c1c(C(F)(F)F)c(C23CC(C2)C3)nn1C[C@@H]1C[C@H]1C(F)(F)F. The fourth-order valence-corrected chi connectivity index (χ4v) is 4.32. The zero-order valence-electron chi connectivity index (χ0n) is 12.9. The Morgan fingerprint density at radius 3 is 2.16 bits per heavy atom. The second-order valence-electron chi connectivity index (χ2n) is 7.52. The molecule has 10 heteroatoms. The van der Waals surface area contributed by atoms with Crippen molar-refractivity contribution in [2.75, 3.05) is 0 Å². The summed E-state index contributed by atoms with van der Waals surface area (Å²) in [5, 5.41) is 3.95. The van der Waals surface area contributed by atoms with Crippen molar-refractivity contribution in [3.63, 3.8) is 0 Å². The van der Waals surface area contributed by atoms with Gasteiger partial charge in [-0.1, -0.05) is 0 Å². The Labute approximate surface area is 138 Å². The Kier molecular flexibility index (Phi) is 3.14. The van der Waals surface area contributed by atoms with E-state index >= 15 is 0 Å². The van der Waals surface area contributed by atoms with Gasteiger partial charge in [-0.05, 0) is 37.5 Å². The van der Waals surface area contributed by atoms with Crippen LogP contribution in [0, 0.1) is 17.8 Å². The maximum atomic E-state index is 13.6. The van der Waals surface area contributed by atoms with E-state index in [0.717, 1.165) is 4.68 Å². The van der Waals surface area contributed by atoms with Gasteiger partial charge in [-0.3, -0.25) is 9.48 Å². The normalized spacial score (nSPS) is 33.6. The third kappa shape index (κ3) is 2.43. The van der Waals surface area contributed by atoms with Gasteiger partial charge in [0.1, 0.15) is 11.3 Å². The number of nitrogens with two attached hydrogens (primary N) is 1. The molecule has 138 valence electrons. The molecule has 1 aromatic heterocycles. The van der Waals surface area contributed by atoms with Crippen LogP contribution < -0.4 is 5.73 Å². The van der Waals surface area contributed by atoms with Gasteiger partial charge in [-0.2, -0.15) is 31.4 Å². The van der Waals surface area contributed by atoms with Gasteiger partial charge in [-0.15, -0.1) is 0 Å². The summed E-state index contributed by atoms with van der Waals surface area (Å²) in [7, 11) is 0. The Balaban J connectivity index is 1.73. The number of alkyl halides is 6. The summed E-state index contributed by atoms with van der Waals surface area (Å²) in [5.74, 6) is -3.38. The van der Waals surface area contributed by atoms with Gasteiger partial charge >= 0.3 is 12.4 Å². The van der Waals surface area contributed by atoms with Crippen LogP contribution in [0.4, 0.5) is 26.3 Å². The maximum absolute atomic E-state index is 13.6. The minimum atomic E-state index is -4.83. The number of hydrogen-bond donors (Lipinski definition) is 1. The van der Waals surface area contributed by atoms with Gasteiger partial charge in [-0.25, -0.2) is 0 Å². The number of halogens is 6. The molecule has 25 heavy (non-hydrogen) atoms. The average Bonchev–Trinajstić information content (AvgIpc) is 2.98. The number of amides is 1. The number of nitrogens with zero attached hydrogens (tertiary/aromatic N) is 2. The van der Waals surface area contributed by atoms with Crippen molar-refractivity contribution in [1.82, 2.24) is 9.78 Å². The van der Waals surface area contributed by atoms with Gasteiger partial charge < -0.3 is 5.73 Å². The molecule has 0 saturated heterocycles. The van der Waals surface area contributed by atoms with E-state index in [1.807, 2.05) is 0 Å². The fourth-order valence-electron chi connectivity index (χ4n) is 4.32. The lowest BCUT2D eigenvalue weighted by Gasteiger charge is -2.61. The molecule has 0 aromatic carbocycles. The lowest BCUT2D eigenvalue weighted by molar-refractivity contribution is -0.151. The van der Waals surface area contributed by atoms with E-state index in [1.165, 1.54) is 0 Å². The summed E-state index contributed by atoms with van der Waals surface area (Å²) in [5.41, 5.74) is 2.23. The summed E-state index contributed by atoms with van der Waals surface area (Å²) < 4.78 is 79.5. The molecule has 5 rings (SSSR count). The standard InChI is InChI=1S/C15H15F6N3O/c16-14(17,18)8-1-7(8)5-24-10(12(22)25)9(15(19,20)21)11(23-24)13-2-6(3-13)4-13/h6-8H,1-5H2,(H2,22,25)/t6?,7-,8+,13?/m0/s1. The number of rotatable bonds is 4. The van der Waals surface area contributed by atoms with Crippen LogP contribution in [0.2, 0.25) is 0 Å². The van der Waals surface area contributed by atoms with E-state index in [2.05, 4.69) is 5.10 Å². The summed E-state index contributed by atoms with van der Waals surface area (Å²) in [6, 6.07) is 0. The molecule has 1 aromatic rings. The van der Waals surface area contributed by atoms with Crippen LogP contribution >= 0.6 is 0 Å². The fraction of sp³-hybridized carbons (Fsp3) is 0.733. The maximum Gasteiger partial charge on any atom is 0.420 e. The summed E-state index contributed by atoms with van der Waals surface area (Å²) in [4.78, 5) is 11.7. The molecule has 0 unspecified atom stereocenters. The van der Waals surface area contributed by atoms with Crippen molar-refractivity contribution in [3.8, 4) is 0 Å². The minimum absolute atomic E-state index is 0.175. The number of hydrogen-bond acceptors (Lipinski definition) is 2. The minimum Gasteiger partial charge on any atom is -0.364 e. The quantitative estimate of drug-likeness (QED) is 0.831. The molecule has 1 amide bonds. The first-order valence-corrected chi connectivity index (χ1v) is 7.97. The van der Waals surface area contributed by atoms with Crippen molar-refractivity contribution in [1.29, 1.82) is 0 Å². The molecule has 0 radical (unpaired) electrons. The van der Waals surface area contributed by atoms with Crippen LogP contribution in [0.5, 0.6) is 0 Å². The Bertz CT molecular complexity index is 733. The highest BCUT2D eigenvalue weighted by atomic mass is 19.4. The zero-order valence-corrected chi connectivity index (χ0v) is 12.9. The Hall–Kier alpha value is -1.74. The highest BCUT2D eigenvalue weighted by Crippen LogP contribution is 2.66. The van der Waals surface area contributed by atoms with Crippen molar-refractivity contribution >= 4 is 5.91 Å². The zero-order chi connectivity index (χ0) is 18.4. The van der Waals surface area contributed by atoms with Crippen LogP contribution in [0.3, 0.4) is 0 Å². The van der Waals surface area contributed by atoms with E-state index < -0.39 is 46.8 Å². The van der Waals surface area contributed by atoms with Gasteiger partial charge in [0.2, 0.25) is 0 Å². The van der Waals surface area contributed by atoms with E-state index in [9.17, 15) is 31.1 Å². The lowest BCUT2D eigenvalue weighted by atomic mass is 9.43. The predicted octanol–water partition coefficient (Wildman–Crippen LogP) is 3.25. The largest absolute Gasteiger partial charge is 0.420 e. The smallest absolute Gasteiger partial charge is 0.364 e. The summed E-state index contributed by atoms with van der Waals surface area (Å²) in [6.45, 7) is -0.384. The van der Waals surface area contributed by atoms with Crippen LogP contribution in [-0.2, 0) is 18.1 Å². The number of carbonyl (C=O) groups excluding carboxylic acids is 1. The summed E-state index contributed by atoms with van der Waals surface area (Å²) >= 11 is 0. The van der Waals surface area contributed by atoms with Gasteiger partial charge in [0.25, 0.3) is 5.91 Å².